The molecule has 2 aromatic rings. The van der Waals surface area contributed by atoms with Crippen LogP contribution < -0.4 is 4.74 Å². The minimum atomic E-state index is -0.267. The van der Waals surface area contributed by atoms with Crippen molar-refractivity contribution in [3.8, 4) is 5.75 Å². The lowest BCUT2D eigenvalue weighted by Gasteiger charge is -2.10. The molecule has 0 amide bonds. The SMILES string of the molecule is CCc1ccc(F)cc1OCCn1cccn1. The molecule has 0 bridgehead atoms. The van der Waals surface area contributed by atoms with E-state index in [9.17, 15) is 4.39 Å². The van der Waals surface area contributed by atoms with Gasteiger partial charge in [0.25, 0.3) is 0 Å². The number of aromatic nitrogens is 2. The lowest BCUT2D eigenvalue weighted by atomic mass is 10.1. The Kier molecular flexibility index (Phi) is 3.75. The molecule has 0 aliphatic heterocycles. The number of rotatable bonds is 5. The Morgan fingerprint density at radius 2 is 2.29 bits per heavy atom. The van der Waals surface area contributed by atoms with Crippen molar-refractivity contribution in [3.63, 3.8) is 0 Å². The lowest BCUT2D eigenvalue weighted by Crippen LogP contribution is -2.09. The summed E-state index contributed by atoms with van der Waals surface area (Å²) in [5.41, 5.74) is 1.02. The summed E-state index contributed by atoms with van der Waals surface area (Å²) in [4.78, 5) is 0. The monoisotopic (exact) mass is 234 g/mol. The van der Waals surface area contributed by atoms with Crippen molar-refractivity contribution >= 4 is 0 Å². The molecule has 90 valence electrons. The average molecular weight is 234 g/mol. The van der Waals surface area contributed by atoms with E-state index >= 15 is 0 Å². The number of halogens is 1. The largest absolute Gasteiger partial charge is 0.491 e. The van der Waals surface area contributed by atoms with Gasteiger partial charge >= 0.3 is 0 Å². The molecule has 0 radical (unpaired) electrons. The maximum absolute atomic E-state index is 13.1. The van der Waals surface area contributed by atoms with Crippen LogP contribution >= 0.6 is 0 Å². The van der Waals surface area contributed by atoms with E-state index in [-0.39, 0.29) is 5.82 Å². The molecule has 0 atom stereocenters. The molecular formula is C13H15FN2O. The molecule has 0 spiro atoms. The highest BCUT2D eigenvalue weighted by Crippen LogP contribution is 2.20. The summed E-state index contributed by atoms with van der Waals surface area (Å²) >= 11 is 0. The quantitative estimate of drug-likeness (QED) is 0.795. The molecule has 0 saturated carbocycles. The molecule has 0 fully saturated rings. The molecular weight excluding hydrogens is 219 g/mol. The van der Waals surface area contributed by atoms with Gasteiger partial charge in [-0.3, -0.25) is 4.68 Å². The van der Waals surface area contributed by atoms with Gasteiger partial charge in [-0.15, -0.1) is 0 Å². The summed E-state index contributed by atoms with van der Waals surface area (Å²) in [6, 6.07) is 6.51. The van der Waals surface area contributed by atoms with Crippen LogP contribution in [0, 0.1) is 5.82 Å². The van der Waals surface area contributed by atoms with Crippen molar-refractivity contribution in [1.29, 1.82) is 0 Å². The van der Waals surface area contributed by atoms with Crippen LogP contribution in [0.2, 0.25) is 0 Å². The maximum Gasteiger partial charge on any atom is 0.126 e. The topological polar surface area (TPSA) is 27.1 Å². The van der Waals surface area contributed by atoms with Gasteiger partial charge in [-0.05, 0) is 24.1 Å². The molecule has 0 saturated heterocycles. The van der Waals surface area contributed by atoms with Gasteiger partial charge in [0, 0.05) is 18.5 Å². The van der Waals surface area contributed by atoms with Crippen LogP contribution in [-0.2, 0) is 13.0 Å². The zero-order valence-electron chi connectivity index (χ0n) is 9.77. The normalized spacial score (nSPS) is 10.5. The number of nitrogens with zero attached hydrogens (tertiary/aromatic N) is 2. The highest BCUT2D eigenvalue weighted by atomic mass is 19.1. The number of hydrogen-bond acceptors (Lipinski definition) is 2. The van der Waals surface area contributed by atoms with Gasteiger partial charge < -0.3 is 4.74 Å². The zero-order chi connectivity index (χ0) is 12.1. The van der Waals surface area contributed by atoms with Gasteiger partial charge in [-0.1, -0.05) is 13.0 Å². The number of ether oxygens (including phenoxy) is 1. The summed E-state index contributed by atoms with van der Waals surface area (Å²) in [6.45, 7) is 3.17. The van der Waals surface area contributed by atoms with E-state index < -0.39 is 0 Å². The maximum atomic E-state index is 13.1. The Morgan fingerprint density at radius 1 is 1.41 bits per heavy atom. The Balaban J connectivity index is 1.96. The third kappa shape index (κ3) is 3.06. The number of aryl methyl sites for hydroxylation is 1. The fourth-order valence-electron chi connectivity index (χ4n) is 1.64. The first-order chi connectivity index (χ1) is 8.29. The highest BCUT2D eigenvalue weighted by molar-refractivity contribution is 5.33. The van der Waals surface area contributed by atoms with Crippen molar-refractivity contribution in [3.05, 3.63) is 48.0 Å². The fourth-order valence-corrected chi connectivity index (χ4v) is 1.64. The van der Waals surface area contributed by atoms with E-state index in [0.29, 0.717) is 18.9 Å². The third-order valence-corrected chi connectivity index (χ3v) is 2.55. The van der Waals surface area contributed by atoms with Gasteiger partial charge in [0.05, 0.1) is 6.54 Å². The van der Waals surface area contributed by atoms with Crippen molar-refractivity contribution in [1.82, 2.24) is 9.78 Å². The summed E-state index contributed by atoms with van der Waals surface area (Å²) in [6.07, 6.45) is 4.42. The van der Waals surface area contributed by atoms with Crippen LogP contribution in [0.5, 0.6) is 5.75 Å². The van der Waals surface area contributed by atoms with E-state index in [2.05, 4.69) is 5.10 Å². The number of benzene rings is 1. The van der Waals surface area contributed by atoms with Crippen LogP contribution in [0.15, 0.2) is 36.7 Å². The smallest absolute Gasteiger partial charge is 0.126 e. The van der Waals surface area contributed by atoms with Gasteiger partial charge in [0.1, 0.15) is 18.2 Å². The molecule has 17 heavy (non-hydrogen) atoms. The Morgan fingerprint density at radius 3 is 3.00 bits per heavy atom. The number of hydrogen-bond donors (Lipinski definition) is 0. The van der Waals surface area contributed by atoms with E-state index in [1.165, 1.54) is 12.1 Å². The van der Waals surface area contributed by atoms with Gasteiger partial charge in [-0.25, -0.2) is 4.39 Å². The van der Waals surface area contributed by atoms with Crippen LogP contribution in [0.3, 0.4) is 0 Å². The zero-order valence-corrected chi connectivity index (χ0v) is 9.77. The summed E-state index contributed by atoms with van der Waals surface area (Å²) in [5.74, 6) is 0.357. The summed E-state index contributed by atoms with van der Waals surface area (Å²) in [7, 11) is 0. The molecule has 0 N–H and O–H groups in total. The lowest BCUT2D eigenvalue weighted by molar-refractivity contribution is 0.287. The molecule has 2 rings (SSSR count). The van der Waals surface area contributed by atoms with Crippen molar-refractivity contribution in [2.75, 3.05) is 6.61 Å². The van der Waals surface area contributed by atoms with E-state index in [0.717, 1.165) is 12.0 Å². The third-order valence-electron chi connectivity index (χ3n) is 2.55. The molecule has 1 aromatic heterocycles. The minimum Gasteiger partial charge on any atom is -0.491 e. The summed E-state index contributed by atoms with van der Waals surface area (Å²) < 4.78 is 20.5. The second-order valence-corrected chi connectivity index (χ2v) is 3.72. The van der Waals surface area contributed by atoms with Crippen LogP contribution in [0.25, 0.3) is 0 Å². The first-order valence-electron chi connectivity index (χ1n) is 5.68. The highest BCUT2D eigenvalue weighted by Gasteiger charge is 2.03. The summed E-state index contributed by atoms with van der Waals surface area (Å²) in [5, 5.41) is 4.07. The molecule has 3 nitrogen and oxygen atoms in total. The second kappa shape index (κ2) is 5.48. The van der Waals surface area contributed by atoms with Crippen LogP contribution in [-0.4, -0.2) is 16.4 Å². The Bertz CT molecular complexity index is 468. The molecule has 1 heterocycles. The Labute approximate surface area is 99.8 Å². The van der Waals surface area contributed by atoms with Crippen LogP contribution in [0.1, 0.15) is 12.5 Å². The predicted octanol–water partition coefficient (Wildman–Crippen LogP) is 2.66. The molecule has 1 aromatic carbocycles. The minimum absolute atomic E-state index is 0.267. The average Bonchev–Trinajstić information content (AvgIpc) is 2.82. The fraction of sp³-hybridized carbons (Fsp3) is 0.308. The Hall–Kier alpha value is -1.84. The molecule has 0 aliphatic rings. The second-order valence-electron chi connectivity index (χ2n) is 3.72. The first-order valence-corrected chi connectivity index (χ1v) is 5.68. The van der Waals surface area contributed by atoms with Gasteiger partial charge in [0.2, 0.25) is 0 Å². The predicted molar refractivity (Wildman–Crippen MR) is 63.5 cm³/mol. The van der Waals surface area contributed by atoms with Crippen molar-refractivity contribution in [2.45, 2.75) is 19.9 Å². The van der Waals surface area contributed by atoms with E-state index in [4.69, 9.17) is 4.74 Å². The first kappa shape index (κ1) is 11.6. The standard InChI is InChI=1S/C13H15FN2O/c1-2-11-4-5-12(14)10-13(11)17-9-8-16-7-3-6-15-16/h3-7,10H,2,8-9H2,1H3. The molecule has 0 unspecified atom stereocenters. The van der Waals surface area contributed by atoms with E-state index in [1.54, 1.807) is 16.9 Å². The molecule has 4 heteroatoms. The van der Waals surface area contributed by atoms with Gasteiger partial charge in [0.15, 0.2) is 0 Å². The van der Waals surface area contributed by atoms with Crippen molar-refractivity contribution in [2.24, 2.45) is 0 Å². The van der Waals surface area contributed by atoms with E-state index in [1.807, 2.05) is 19.2 Å². The van der Waals surface area contributed by atoms with Crippen molar-refractivity contribution < 1.29 is 9.13 Å². The molecule has 0 aliphatic carbocycles. The van der Waals surface area contributed by atoms with Gasteiger partial charge in [-0.2, -0.15) is 5.10 Å². The van der Waals surface area contributed by atoms with Crippen LogP contribution in [0.4, 0.5) is 4.39 Å².